The van der Waals surface area contributed by atoms with Gasteiger partial charge in [-0.1, -0.05) is 28.4 Å². The first kappa shape index (κ1) is 12.5. The maximum absolute atomic E-state index is 10.5. The van der Waals surface area contributed by atoms with E-state index in [2.05, 4.69) is 5.18 Å². The van der Waals surface area contributed by atoms with Gasteiger partial charge in [0.1, 0.15) is 0 Å². The predicted molar refractivity (Wildman–Crippen MR) is 57.7 cm³/mol. The zero-order chi connectivity index (χ0) is 12.3. The molecule has 0 aliphatic heterocycles. The molecule has 1 atom stereocenters. The van der Waals surface area contributed by atoms with Crippen LogP contribution in [0.4, 0.5) is 5.69 Å². The van der Waals surface area contributed by atoms with Crippen LogP contribution in [0, 0.1) is 15.0 Å². The summed E-state index contributed by atoms with van der Waals surface area (Å²) in [6.45, 7) is 0. The van der Waals surface area contributed by atoms with Gasteiger partial charge < -0.3 is 4.79 Å². The first-order valence-electron chi connectivity index (χ1n) is 3.92. The molecule has 1 aromatic rings. The van der Waals surface area contributed by atoms with Crippen LogP contribution in [0.1, 0.15) is 11.6 Å². The zero-order valence-electron chi connectivity index (χ0n) is 7.59. The number of benzene rings is 1. The molecule has 84 valence electrons. The van der Waals surface area contributed by atoms with Crippen molar-refractivity contribution in [3.8, 4) is 0 Å². The van der Waals surface area contributed by atoms with E-state index in [0.717, 1.165) is 12.1 Å². The SMILES string of the molecule is O=CC(N=O)c1cc([N+](=O)[O-])cc(Cl)c1Cl. The highest BCUT2D eigenvalue weighted by atomic mass is 35.5. The minimum atomic E-state index is -1.40. The quantitative estimate of drug-likeness (QED) is 0.361. The maximum atomic E-state index is 10.5. The molecule has 0 fully saturated rings. The lowest BCUT2D eigenvalue weighted by Gasteiger charge is -2.06. The monoisotopic (exact) mass is 262 g/mol. The summed E-state index contributed by atoms with van der Waals surface area (Å²) in [5, 5.41) is 12.8. The Bertz CT molecular complexity index is 456. The van der Waals surface area contributed by atoms with Gasteiger partial charge in [-0.05, 0) is 0 Å². The fourth-order valence-electron chi connectivity index (χ4n) is 1.07. The Morgan fingerprint density at radius 3 is 2.50 bits per heavy atom. The number of carbonyl (C=O) groups excluding carboxylic acids is 1. The number of aldehydes is 1. The second kappa shape index (κ2) is 5.00. The lowest BCUT2D eigenvalue weighted by molar-refractivity contribution is -0.384. The van der Waals surface area contributed by atoms with Crippen LogP contribution >= 0.6 is 23.2 Å². The molecule has 0 bridgehead atoms. The van der Waals surface area contributed by atoms with Crippen molar-refractivity contribution in [3.05, 3.63) is 42.8 Å². The second-order valence-electron chi connectivity index (χ2n) is 2.77. The largest absolute Gasteiger partial charge is 0.300 e. The molecule has 1 unspecified atom stereocenters. The van der Waals surface area contributed by atoms with Gasteiger partial charge in [-0.3, -0.25) is 10.1 Å². The summed E-state index contributed by atoms with van der Waals surface area (Å²) >= 11 is 11.3. The topological polar surface area (TPSA) is 89.6 Å². The molecule has 0 aromatic heterocycles. The van der Waals surface area contributed by atoms with Gasteiger partial charge >= 0.3 is 0 Å². The number of rotatable bonds is 4. The van der Waals surface area contributed by atoms with Crippen LogP contribution in [0.3, 0.4) is 0 Å². The minimum absolute atomic E-state index is 0.0779. The number of hydrogen-bond acceptors (Lipinski definition) is 5. The molecular weight excluding hydrogens is 259 g/mol. The summed E-state index contributed by atoms with van der Waals surface area (Å²) in [6.07, 6.45) is 0.230. The molecule has 0 aliphatic rings. The number of non-ortho nitro benzene ring substituents is 1. The third kappa shape index (κ3) is 2.34. The molecular formula is C8H4Cl2N2O4. The summed E-state index contributed by atoms with van der Waals surface area (Å²) in [5.74, 6) is 0. The van der Waals surface area contributed by atoms with E-state index in [1.54, 1.807) is 0 Å². The highest BCUT2D eigenvalue weighted by molar-refractivity contribution is 6.42. The number of halogens is 2. The number of nitro benzene ring substituents is 1. The van der Waals surface area contributed by atoms with E-state index in [0.29, 0.717) is 0 Å². The average Bonchev–Trinajstić information content (AvgIpc) is 2.25. The lowest BCUT2D eigenvalue weighted by Crippen LogP contribution is -1.99. The van der Waals surface area contributed by atoms with Crippen molar-refractivity contribution in [2.24, 2.45) is 5.18 Å². The van der Waals surface area contributed by atoms with Crippen molar-refractivity contribution in [1.29, 1.82) is 0 Å². The van der Waals surface area contributed by atoms with Gasteiger partial charge in [-0.25, -0.2) is 0 Å². The van der Waals surface area contributed by atoms with E-state index in [1.165, 1.54) is 0 Å². The Kier molecular flexibility index (Phi) is 3.92. The summed E-state index contributed by atoms with van der Waals surface area (Å²) in [6, 6.07) is 0.624. The normalized spacial score (nSPS) is 11.9. The Balaban J connectivity index is 3.42. The van der Waals surface area contributed by atoms with Gasteiger partial charge in [-0.15, -0.1) is 4.91 Å². The van der Waals surface area contributed by atoms with E-state index >= 15 is 0 Å². The molecule has 0 aliphatic carbocycles. The molecule has 0 spiro atoms. The molecule has 0 heterocycles. The van der Waals surface area contributed by atoms with Crippen LogP contribution in [-0.2, 0) is 4.79 Å². The second-order valence-corrected chi connectivity index (χ2v) is 3.56. The molecule has 1 aromatic carbocycles. The first-order valence-corrected chi connectivity index (χ1v) is 4.68. The first-order chi connectivity index (χ1) is 7.51. The molecule has 16 heavy (non-hydrogen) atoms. The zero-order valence-corrected chi connectivity index (χ0v) is 9.10. The fourth-order valence-corrected chi connectivity index (χ4v) is 1.51. The third-order valence-electron chi connectivity index (χ3n) is 1.81. The molecule has 1 rings (SSSR count). The number of hydrogen-bond donors (Lipinski definition) is 0. The molecule has 0 saturated carbocycles. The molecule has 0 amide bonds. The van der Waals surface area contributed by atoms with Crippen molar-refractivity contribution in [1.82, 2.24) is 0 Å². The van der Waals surface area contributed by atoms with Crippen molar-refractivity contribution in [2.45, 2.75) is 6.04 Å². The Hall–Kier alpha value is -1.53. The van der Waals surface area contributed by atoms with Crippen LogP contribution in [0.2, 0.25) is 10.0 Å². The third-order valence-corrected chi connectivity index (χ3v) is 2.63. The van der Waals surface area contributed by atoms with Crippen LogP contribution < -0.4 is 0 Å². The van der Waals surface area contributed by atoms with E-state index in [9.17, 15) is 19.8 Å². The average molecular weight is 263 g/mol. The molecule has 0 saturated heterocycles. The molecule has 8 heteroatoms. The number of nitrogens with zero attached hydrogens (tertiary/aromatic N) is 2. The van der Waals surface area contributed by atoms with Crippen LogP contribution in [0.5, 0.6) is 0 Å². The summed E-state index contributed by atoms with van der Waals surface area (Å²) in [5.41, 5.74) is -0.439. The van der Waals surface area contributed by atoms with Gasteiger partial charge in [0.25, 0.3) is 5.69 Å². The van der Waals surface area contributed by atoms with Gasteiger partial charge in [0.2, 0.25) is 0 Å². The van der Waals surface area contributed by atoms with Crippen LogP contribution in [0.25, 0.3) is 0 Å². The van der Waals surface area contributed by atoms with E-state index in [1.807, 2.05) is 0 Å². The molecule has 0 radical (unpaired) electrons. The fraction of sp³-hybridized carbons (Fsp3) is 0.125. The number of carbonyl (C=O) groups is 1. The van der Waals surface area contributed by atoms with E-state index in [4.69, 9.17) is 23.2 Å². The van der Waals surface area contributed by atoms with Crippen molar-refractivity contribution in [3.63, 3.8) is 0 Å². The van der Waals surface area contributed by atoms with Gasteiger partial charge in [0.15, 0.2) is 12.3 Å². The maximum Gasteiger partial charge on any atom is 0.271 e. The summed E-state index contributed by atoms with van der Waals surface area (Å²) in [7, 11) is 0. The number of nitroso groups, excluding NO2 is 1. The molecule has 6 nitrogen and oxygen atoms in total. The van der Waals surface area contributed by atoms with Crippen molar-refractivity contribution in [2.75, 3.05) is 0 Å². The Morgan fingerprint density at radius 1 is 1.44 bits per heavy atom. The van der Waals surface area contributed by atoms with E-state index in [-0.39, 0.29) is 27.6 Å². The summed E-state index contributed by atoms with van der Waals surface area (Å²) in [4.78, 5) is 30.7. The van der Waals surface area contributed by atoms with Crippen LogP contribution in [0.15, 0.2) is 17.3 Å². The van der Waals surface area contributed by atoms with E-state index < -0.39 is 11.0 Å². The highest BCUT2D eigenvalue weighted by Gasteiger charge is 2.21. The Morgan fingerprint density at radius 2 is 2.06 bits per heavy atom. The van der Waals surface area contributed by atoms with Crippen molar-refractivity contribution < 1.29 is 9.72 Å². The van der Waals surface area contributed by atoms with Gasteiger partial charge in [0, 0.05) is 17.7 Å². The molecule has 0 N–H and O–H groups in total. The minimum Gasteiger partial charge on any atom is -0.300 e. The predicted octanol–water partition coefficient (Wildman–Crippen LogP) is 2.91. The number of nitro groups is 1. The lowest BCUT2D eigenvalue weighted by atomic mass is 10.1. The Labute approximate surface area is 99.3 Å². The summed E-state index contributed by atoms with van der Waals surface area (Å²) < 4.78 is 0. The van der Waals surface area contributed by atoms with Gasteiger partial charge in [-0.2, -0.15) is 0 Å². The standard InChI is InChI=1S/C8H4Cl2N2O4/c9-6-2-4(12(15)16)1-5(8(6)10)7(3-13)11-14/h1-3,7H. The van der Waals surface area contributed by atoms with Crippen molar-refractivity contribution >= 4 is 35.2 Å². The van der Waals surface area contributed by atoms with Crippen LogP contribution in [-0.4, -0.2) is 11.2 Å². The smallest absolute Gasteiger partial charge is 0.271 e. The van der Waals surface area contributed by atoms with Gasteiger partial charge in [0.05, 0.1) is 15.0 Å². The highest BCUT2D eigenvalue weighted by Crippen LogP contribution is 2.34.